The molecule has 1 atom stereocenters. The lowest BCUT2D eigenvalue weighted by molar-refractivity contribution is -0.132. The number of ether oxygens (including phenoxy) is 2. The van der Waals surface area contributed by atoms with E-state index < -0.39 is 0 Å². The van der Waals surface area contributed by atoms with E-state index in [-0.39, 0.29) is 24.5 Å². The maximum Gasteiger partial charge on any atom is 0.255 e. The van der Waals surface area contributed by atoms with Gasteiger partial charge in [0.25, 0.3) is 5.91 Å². The average Bonchev–Trinajstić information content (AvgIpc) is 3.61. The van der Waals surface area contributed by atoms with Crippen LogP contribution in [0.25, 0.3) is 0 Å². The van der Waals surface area contributed by atoms with Crippen molar-refractivity contribution in [1.29, 1.82) is 0 Å². The van der Waals surface area contributed by atoms with Crippen LogP contribution in [0.1, 0.15) is 28.8 Å². The molecular formula is C24H27ClN2O4. The summed E-state index contributed by atoms with van der Waals surface area (Å²) in [6, 6.07) is 14.6. The van der Waals surface area contributed by atoms with Crippen molar-refractivity contribution in [3.8, 4) is 5.75 Å². The quantitative estimate of drug-likeness (QED) is 0.657. The fourth-order valence-corrected chi connectivity index (χ4v) is 3.96. The van der Waals surface area contributed by atoms with E-state index in [0.29, 0.717) is 42.7 Å². The molecule has 1 heterocycles. The highest BCUT2D eigenvalue weighted by Gasteiger charge is 2.33. The Morgan fingerprint density at radius 2 is 1.94 bits per heavy atom. The van der Waals surface area contributed by atoms with Crippen LogP contribution in [0.3, 0.4) is 0 Å². The Kier molecular flexibility index (Phi) is 6.78. The predicted molar refractivity (Wildman–Crippen MR) is 118 cm³/mol. The molecule has 7 heteroatoms. The maximum atomic E-state index is 13.2. The van der Waals surface area contributed by atoms with Gasteiger partial charge in [0.1, 0.15) is 12.3 Å². The highest BCUT2D eigenvalue weighted by atomic mass is 35.5. The zero-order chi connectivity index (χ0) is 21.8. The maximum absolute atomic E-state index is 13.2. The number of hydrogen-bond donors (Lipinski definition) is 0. The fourth-order valence-electron chi connectivity index (χ4n) is 3.74. The number of nitrogens with zero attached hydrogens (tertiary/aromatic N) is 2. The Hall–Kier alpha value is -2.57. The van der Waals surface area contributed by atoms with Crippen molar-refractivity contribution in [3.63, 3.8) is 0 Å². The van der Waals surface area contributed by atoms with Crippen molar-refractivity contribution < 1.29 is 19.1 Å². The van der Waals surface area contributed by atoms with Crippen molar-refractivity contribution in [1.82, 2.24) is 9.80 Å². The molecular weight excluding hydrogens is 416 g/mol. The van der Waals surface area contributed by atoms with E-state index in [1.807, 2.05) is 24.3 Å². The van der Waals surface area contributed by atoms with Crippen LogP contribution in [0.15, 0.2) is 48.5 Å². The van der Waals surface area contributed by atoms with Gasteiger partial charge in [-0.25, -0.2) is 0 Å². The van der Waals surface area contributed by atoms with Gasteiger partial charge in [0.2, 0.25) is 5.91 Å². The molecule has 1 aliphatic carbocycles. The minimum absolute atomic E-state index is 0.00267. The summed E-state index contributed by atoms with van der Waals surface area (Å²) in [4.78, 5) is 29.6. The van der Waals surface area contributed by atoms with Gasteiger partial charge in [-0.3, -0.25) is 9.59 Å². The van der Waals surface area contributed by atoms with Crippen molar-refractivity contribution in [2.75, 3.05) is 33.4 Å². The molecule has 0 radical (unpaired) electrons. The standard InChI is InChI=1S/C24H27ClN2O4/c1-30-19-6-4-5-18(11-19)12-26-13-20(31-16-17-9-10-17)14-27(15-23(26)28)24(29)21-7-2-3-8-22(21)25/h2-8,11,17,20H,9-10,12-16H2,1H3/t20-/m1/s1. The third-order valence-electron chi connectivity index (χ3n) is 5.69. The van der Waals surface area contributed by atoms with Crippen LogP contribution in [0.5, 0.6) is 5.75 Å². The summed E-state index contributed by atoms with van der Waals surface area (Å²) < 4.78 is 11.5. The molecule has 1 aliphatic heterocycles. The first-order valence-electron chi connectivity index (χ1n) is 10.6. The molecule has 1 saturated carbocycles. The molecule has 0 N–H and O–H groups in total. The first-order valence-corrected chi connectivity index (χ1v) is 11.0. The minimum Gasteiger partial charge on any atom is -0.497 e. The lowest BCUT2D eigenvalue weighted by Gasteiger charge is -2.25. The molecule has 2 aromatic carbocycles. The van der Waals surface area contributed by atoms with Crippen molar-refractivity contribution in [3.05, 3.63) is 64.7 Å². The molecule has 2 amide bonds. The lowest BCUT2D eigenvalue weighted by Crippen LogP contribution is -2.40. The lowest BCUT2D eigenvalue weighted by atomic mass is 10.2. The topological polar surface area (TPSA) is 59.1 Å². The predicted octanol–water partition coefficient (Wildman–Crippen LogP) is 3.63. The molecule has 31 heavy (non-hydrogen) atoms. The van der Waals surface area contributed by atoms with Gasteiger partial charge in [0.15, 0.2) is 0 Å². The van der Waals surface area contributed by atoms with Gasteiger partial charge in [0, 0.05) is 26.2 Å². The van der Waals surface area contributed by atoms with E-state index >= 15 is 0 Å². The second-order valence-corrected chi connectivity index (χ2v) is 8.60. The zero-order valence-corrected chi connectivity index (χ0v) is 18.4. The Labute approximate surface area is 187 Å². The molecule has 6 nitrogen and oxygen atoms in total. The first-order chi connectivity index (χ1) is 15.0. The number of benzene rings is 2. The van der Waals surface area contributed by atoms with E-state index in [1.165, 1.54) is 12.8 Å². The molecule has 2 aliphatic rings. The van der Waals surface area contributed by atoms with Crippen LogP contribution in [0.2, 0.25) is 5.02 Å². The number of carbonyl (C=O) groups is 2. The third kappa shape index (κ3) is 5.57. The van der Waals surface area contributed by atoms with Gasteiger partial charge in [0.05, 0.1) is 23.8 Å². The normalized spacial score (nSPS) is 19.3. The summed E-state index contributed by atoms with van der Waals surface area (Å²) in [7, 11) is 1.62. The summed E-state index contributed by atoms with van der Waals surface area (Å²) >= 11 is 6.24. The Balaban J connectivity index is 1.53. The van der Waals surface area contributed by atoms with Crippen LogP contribution in [0, 0.1) is 5.92 Å². The largest absolute Gasteiger partial charge is 0.497 e. The summed E-state index contributed by atoms with van der Waals surface area (Å²) in [5, 5.41) is 0.382. The van der Waals surface area contributed by atoms with E-state index in [2.05, 4.69) is 0 Å². The minimum atomic E-state index is -0.248. The van der Waals surface area contributed by atoms with Gasteiger partial charge in [-0.1, -0.05) is 35.9 Å². The number of halogens is 1. The van der Waals surface area contributed by atoms with Gasteiger partial charge in [-0.15, -0.1) is 0 Å². The summed E-state index contributed by atoms with van der Waals surface area (Å²) in [5.41, 5.74) is 1.37. The Morgan fingerprint density at radius 3 is 2.68 bits per heavy atom. The number of rotatable bonds is 7. The summed E-state index contributed by atoms with van der Waals surface area (Å²) in [5.74, 6) is 0.985. The SMILES string of the molecule is COc1cccc(CN2C[C@@H](OCC3CC3)CN(C(=O)c3ccccc3Cl)CC2=O)c1. The fraction of sp³-hybridized carbons (Fsp3) is 0.417. The Morgan fingerprint density at radius 1 is 1.13 bits per heavy atom. The second kappa shape index (κ2) is 9.71. The van der Waals surface area contributed by atoms with Crippen LogP contribution in [-0.2, 0) is 16.1 Å². The number of amides is 2. The monoisotopic (exact) mass is 442 g/mol. The number of methoxy groups -OCH3 is 1. The van der Waals surface area contributed by atoms with E-state index in [9.17, 15) is 9.59 Å². The molecule has 1 saturated heterocycles. The summed E-state index contributed by atoms with van der Waals surface area (Å²) in [6.45, 7) is 1.90. The van der Waals surface area contributed by atoms with Crippen LogP contribution < -0.4 is 4.74 Å². The highest BCUT2D eigenvalue weighted by molar-refractivity contribution is 6.33. The zero-order valence-electron chi connectivity index (χ0n) is 17.6. The molecule has 0 aromatic heterocycles. The Bertz CT molecular complexity index is 947. The van der Waals surface area contributed by atoms with Gasteiger partial charge >= 0.3 is 0 Å². The first kappa shape index (κ1) is 21.7. The van der Waals surface area contributed by atoms with Crippen molar-refractivity contribution in [2.45, 2.75) is 25.5 Å². The van der Waals surface area contributed by atoms with Crippen LogP contribution in [-0.4, -0.2) is 61.1 Å². The molecule has 2 fully saturated rings. The van der Waals surface area contributed by atoms with Crippen LogP contribution in [0.4, 0.5) is 0 Å². The van der Waals surface area contributed by atoms with Gasteiger partial charge < -0.3 is 19.3 Å². The average molecular weight is 443 g/mol. The van der Waals surface area contributed by atoms with Crippen molar-refractivity contribution >= 4 is 23.4 Å². The number of carbonyl (C=O) groups excluding carboxylic acids is 2. The summed E-state index contributed by atoms with van der Waals surface area (Å²) in [6.07, 6.45) is 2.12. The third-order valence-corrected chi connectivity index (χ3v) is 6.02. The molecule has 0 unspecified atom stereocenters. The van der Waals surface area contributed by atoms with Gasteiger partial charge in [-0.2, -0.15) is 0 Å². The molecule has 0 spiro atoms. The van der Waals surface area contributed by atoms with Crippen LogP contribution >= 0.6 is 11.6 Å². The molecule has 2 aromatic rings. The van der Waals surface area contributed by atoms with E-state index in [1.54, 1.807) is 41.2 Å². The molecule has 164 valence electrons. The van der Waals surface area contributed by atoms with E-state index in [4.69, 9.17) is 21.1 Å². The second-order valence-electron chi connectivity index (χ2n) is 8.19. The smallest absolute Gasteiger partial charge is 0.255 e. The van der Waals surface area contributed by atoms with Crippen molar-refractivity contribution in [2.24, 2.45) is 5.92 Å². The molecule has 0 bridgehead atoms. The highest BCUT2D eigenvalue weighted by Crippen LogP contribution is 2.30. The molecule has 4 rings (SSSR count). The van der Waals surface area contributed by atoms with E-state index in [0.717, 1.165) is 11.3 Å². The van der Waals surface area contributed by atoms with Gasteiger partial charge in [-0.05, 0) is 48.6 Å². The number of hydrogen-bond acceptors (Lipinski definition) is 4.